The number of nitrogens with zero attached hydrogens (tertiary/aromatic N) is 1. The van der Waals surface area contributed by atoms with Gasteiger partial charge in [0.25, 0.3) is 5.91 Å². The fraction of sp³-hybridized carbons (Fsp3) is 0.440. The summed E-state index contributed by atoms with van der Waals surface area (Å²) in [7, 11) is 4.96. The molecule has 0 bridgehead atoms. The number of likely N-dealkylation sites (N-methyl/N-ethyl adjacent to an activating group) is 1. The number of carbonyl (C=O) groups is 2. The Bertz CT molecular complexity index is 999. The third-order valence-corrected chi connectivity index (χ3v) is 5.81. The van der Waals surface area contributed by atoms with Crippen molar-refractivity contribution in [2.45, 2.75) is 26.0 Å². The van der Waals surface area contributed by atoms with Crippen LogP contribution in [0, 0.1) is 5.92 Å². The summed E-state index contributed by atoms with van der Waals surface area (Å²) in [5.41, 5.74) is 1.43. The van der Waals surface area contributed by atoms with E-state index in [1.165, 1.54) is 0 Å². The second-order valence-electron chi connectivity index (χ2n) is 8.58. The lowest BCUT2D eigenvalue weighted by Crippen LogP contribution is -2.44. The lowest BCUT2D eigenvalue weighted by Gasteiger charge is -2.30. The molecule has 34 heavy (non-hydrogen) atoms. The van der Waals surface area contributed by atoms with E-state index in [1.807, 2.05) is 6.92 Å². The molecule has 1 aliphatic rings. The predicted molar refractivity (Wildman–Crippen MR) is 132 cm³/mol. The molecular formula is C25H34N4O5. The Hall–Kier alpha value is -3.30. The predicted octanol–water partition coefficient (Wildman–Crippen LogP) is 3.43. The van der Waals surface area contributed by atoms with Crippen LogP contribution in [-0.4, -0.2) is 69.9 Å². The number of nitrogens with one attached hydrogen (secondary N) is 3. The van der Waals surface area contributed by atoms with Crippen LogP contribution in [0.3, 0.4) is 0 Å². The number of methoxy groups -OCH3 is 2. The Morgan fingerprint density at radius 2 is 1.85 bits per heavy atom. The number of anilines is 2. The van der Waals surface area contributed by atoms with E-state index in [0.717, 1.165) is 6.54 Å². The van der Waals surface area contributed by atoms with E-state index in [4.69, 9.17) is 14.2 Å². The molecule has 1 heterocycles. The molecule has 1 aliphatic heterocycles. The highest BCUT2D eigenvalue weighted by Gasteiger charge is 2.25. The Labute approximate surface area is 200 Å². The maximum Gasteiger partial charge on any atom is 0.323 e. The van der Waals surface area contributed by atoms with Crippen LogP contribution in [0.1, 0.15) is 24.2 Å². The topological polar surface area (TPSA) is 101 Å². The maximum atomic E-state index is 13.3. The van der Waals surface area contributed by atoms with Crippen LogP contribution in [0.2, 0.25) is 0 Å². The minimum atomic E-state index is -0.436. The molecule has 2 aromatic rings. The molecule has 3 atom stereocenters. The van der Waals surface area contributed by atoms with E-state index in [0.29, 0.717) is 41.6 Å². The first-order valence-electron chi connectivity index (χ1n) is 11.3. The highest BCUT2D eigenvalue weighted by molar-refractivity contribution is 6.02. The number of hydrogen-bond acceptors (Lipinski definition) is 6. The van der Waals surface area contributed by atoms with Gasteiger partial charge in [0.2, 0.25) is 0 Å². The minimum absolute atomic E-state index is 0.0894. The second kappa shape index (κ2) is 11.7. The first-order valence-corrected chi connectivity index (χ1v) is 11.3. The normalized spacial score (nSPS) is 21.4. The fourth-order valence-corrected chi connectivity index (χ4v) is 3.73. The second-order valence-corrected chi connectivity index (χ2v) is 8.58. The zero-order valence-corrected chi connectivity index (χ0v) is 20.4. The summed E-state index contributed by atoms with van der Waals surface area (Å²) in [6.45, 7) is 5.71. The van der Waals surface area contributed by atoms with Gasteiger partial charge in [-0.25, -0.2) is 4.79 Å². The minimum Gasteiger partial charge on any atom is -0.497 e. The molecule has 9 heteroatoms. The summed E-state index contributed by atoms with van der Waals surface area (Å²) >= 11 is 0. The first-order chi connectivity index (χ1) is 16.3. The highest BCUT2D eigenvalue weighted by atomic mass is 16.5. The van der Waals surface area contributed by atoms with Crippen molar-refractivity contribution in [3.05, 3.63) is 48.0 Å². The van der Waals surface area contributed by atoms with Crippen molar-refractivity contribution >= 4 is 23.3 Å². The molecule has 0 saturated heterocycles. The summed E-state index contributed by atoms with van der Waals surface area (Å²) in [5, 5.41) is 9.00. The molecule has 3 N–H and O–H groups in total. The lowest BCUT2D eigenvalue weighted by atomic mass is 10.0. The van der Waals surface area contributed by atoms with Crippen LogP contribution < -0.4 is 25.4 Å². The number of carbonyl (C=O) groups excluding carboxylic acids is 2. The van der Waals surface area contributed by atoms with Crippen molar-refractivity contribution in [1.82, 2.24) is 10.2 Å². The van der Waals surface area contributed by atoms with Gasteiger partial charge < -0.3 is 35.1 Å². The van der Waals surface area contributed by atoms with E-state index < -0.39 is 6.03 Å². The average Bonchev–Trinajstić information content (AvgIpc) is 2.83. The molecule has 2 aromatic carbocycles. The number of amides is 3. The Kier molecular flexibility index (Phi) is 8.72. The van der Waals surface area contributed by atoms with Crippen molar-refractivity contribution in [3.8, 4) is 11.5 Å². The number of fused-ring (bicyclic) bond motifs is 1. The van der Waals surface area contributed by atoms with Gasteiger partial charge in [-0.2, -0.15) is 0 Å². The average molecular weight is 471 g/mol. The zero-order valence-electron chi connectivity index (χ0n) is 20.4. The molecule has 0 saturated carbocycles. The van der Waals surface area contributed by atoms with Crippen LogP contribution >= 0.6 is 0 Å². The Morgan fingerprint density at radius 3 is 2.56 bits per heavy atom. The van der Waals surface area contributed by atoms with Crippen LogP contribution in [-0.2, 0) is 4.74 Å². The molecule has 0 fully saturated rings. The van der Waals surface area contributed by atoms with Crippen LogP contribution in [0.5, 0.6) is 11.5 Å². The van der Waals surface area contributed by atoms with Gasteiger partial charge in [0.15, 0.2) is 0 Å². The number of urea groups is 1. The molecule has 0 aliphatic carbocycles. The van der Waals surface area contributed by atoms with E-state index in [2.05, 4.69) is 22.9 Å². The molecule has 3 amide bonds. The van der Waals surface area contributed by atoms with Gasteiger partial charge in [0, 0.05) is 50.7 Å². The van der Waals surface area contributed by atoms with Crippen LogP contribution in [0.25, 0.3) is 0 Å². The third kappa shape index (κ3) is 6.61. The monoisotopic (exact) mass is 470 g/mol. The van der Waals surface area contributed by atoms with Crippen LogP contribution in [0.4, 0.5) is 16.2 Å². The number of rotatable bonds is 4. The number of hydrogen-bond donors (Lipinski definition) is 3. The van der Waals surface area contributed by atoms with Gasteiger partial charge in [-0.05, 0) is 43.2 Å². The SMILES string of the molecule is COc1cccc(NC(=O)Nc2ccc3c(c2)C(=O)N(C)C[C@@H](OC)[C@@H](C)CN[C@H](C)CO3)c1. The number of benzene rings is 2. The van der Waals surface area contributed by atoms with Crippen molar-refractivity contribution in [1.29, 1.82) is 0 Å². The standard InChI is InChI=1S/C25H34N4O5/c1-16-13-26-17(2)15-34-22-10-9-19(12-21(22)24(30)29(3)14-23(16)33-5)28-25(31)27-18-7-6-8-20(11-18)32-4/h6-12,16-17,23,26H,13-15H2,1-5H3,(H2,27,28,31)/t16-,17+,23+/m0/s1. The summed E-state index contributed by atoms with van der Waals surface area (Å²) in [5.74, 6) is 1.10. The molecule has 9 nitrogen and oxygen atoms in total. The van der Waals surface area contributed by atoms with E-state index in [1.54, 1.807) is 68.6 Å². The summed E-state index contributed by atoms with van der Waals surface area (Å²) in [4.78, 5) is 27.5. The molecule has 0 aromatic heterocycles. The fourth-order valence-electron chi connectivity index (χ4n) is 3.73. The zero-order chi connectivity index (χ0) is 24.7. The maximum absolute atomic E-state index is 13.3. The molecule has 0 radical (unpaired) electrons. The van der Waals surface area contributed by atoms with Gasteiger partial charge in [-0.3, -0.25) is 4.79 Å². The largest absolute Gasteiger partial charge is 0.497 e. The van der Waals surface area contributed by atoms with E-state index in [-0.39, 0.29) is 24.0 Å². The van der Waals surface area contributed by atoms with Crippen molar-refractivity contribution in [2.75, 3.05) is 51.6 Å². The lowest BCUT2D eigenvalue weighted by molar-refractivity contribution is 0.0281. The van der Waals surface area contributed by atoms with Gasteiger partial charge in [0.1, 0.15) is 18.1 Å². The molecule has 3 rings (SSSR count). The van der Waals surface area contributed by atoms with Gasteiger partial charge in [0.05, 0.1) is 18.8 Å². The smallest absolute Gasteiger partial charge is 0.323 e. The quantitative estimate of drug-likeness (QED) is 0.633. The summed E-state index contributed by atoms with van der Waals surface area (Å²) in [6.07, 6.45) is -0.118. The van der Waals surface area contributed by atoms with Crippen molar-refractivity contribution in [3.63, 3.8) is 0 Å². The Balaban J connectivity index is 1.81. The molecule has 0 unspecified atom stereocenters. The Morgan fingerprint density at radius 1 is 1.12 bits per heavy atom. The molecule has 184 valence electrons. The van der Waals surface area contributed by atoms with Gasteiger partial charge in [-0.15, -0.1) is 0 Å². The third-order valence-electron chi connectivity index (χ3n) is 5.81. The number of ether oxygens (including phenoxy) is 3. The van der Waals surface area contributed by atoms with Crippen molar-refractivity contribution in [2.24, 2.45) is 5.92 Å². The van der Waals surface area contributed by atoms with E-state index in [9.17, 15) is 9.59 Å². The summed E-state index contributed by atoms with van der Waals surface area (Å²) in [6, 6.07) is 11.8. The van der Waals surface area contributed by atoms with E-state index >= 15 is 0 Å². The van der Waals surface area contributed by atoms with Crippen molar-refractivity contribution < 1.29 is 23.8 Å². The highest BCUT2D eigenvalue weighted by Crippen LogP contribution is 2.26. The van der Waals surface area contributed by atoms with Crippen LogP contribution in [0.15, 0.2) is 42.5 Å². The van der Waals surface area contributed by atoms with Gasteiger partial charge in [-0.1, -0.05) is 13.0 Å². The molecular weight excluding hydrogens is 436 g/mol. The molecule has 0 spiro atoms. The summed E-state index contributed by atoms with van der Waals surface area (Å²) < 4.78 is 16.8. The first kappa shape index (κ1) is 25.3. The van der Waals surface area contributed by atoms with Gasteiger partial charge >= 0.3 is 6.03 Å².